The minimum absolute atomic E-state index is 0.331. The van der Waals surface area contributed by atoms with Crippen molar-refractivity contribution in [3.8, 4) is 0 Å². The Labute approximate surface area is 122 Å². The fraction of sp³-hybridized carbons (Fsp3) is 0.667. The third-order valence-corrected chi connectivity index (χ3v) is 4.51. The van der Waals surface area contributed by atoms with E-state index in [1.165, 1.54) is 0 Å². The lowest BCUT2D eigenvalue weighted by Crippen LogP contribution is -2.41. The lowest BCUT2D eigenvalue weighted by molar-refractivity contribution is 0.00578. The molecule has 1 aliphatic rings. The van der Waals surface area contributed by atoms with Crippen molar-refractivity contribution in [1.29, 1.82) is 0 Å². The fourth-order valence-electron chi connectivity index (χ4n) is 2.26. The molecule has 0 bridgehead atoms. The molecule has 1 saturated heterocycles. The van der Waals surface area contributed by atoms with E-state index in [0.717, 1.165) is 23.4 Å². The fourth-order valence-corrected chi connectivity index (χ4v) is 2.26. The van der Waals surface area contributed by atoms with E-state index in [4.69, 9.17) is 9.31 Å². The largest absolute Gasteiger partial charge is 0.498 e. The Morgan fingerprint density at radius 1 is 1.20 bits per heavy atom. The van der Waals surface area contributed by atoms with Gasteiger partial charge in [0, 0.05) is 25.3 Å². The van der Waals surface area contributed by atoms with Crippen LogP contribution in [0, 0.1) is 6.92 Å². The molecule has 1 aromatic rings. The number of hydrogen-bond donors (Lipinski definition) is 0. The molecular weight excluding hydrogens is 251 g/mol. The minimum Gasteiger partial charge on any atom is -0.399 e. The first-order valence-corrected chi connectivity index (χ1v) is 7.22. The highest BCUT2D eigenvalue weighted by Gasteiger charge is 2.53. The zero-order chi connectivity index (χ0) is 15.1. The summed E-state index contributed by atoms with van der Waals surface area (Å²) >= 11 is 0. The number of rotatable bonds is 3. The van der Waals surface area contributed by atoms with Crippen LogP contribution in [0.3, 0.4) is 0 Å². The number of pyridine rings is 1. The monoisotopic (exact) mass is 276 g/mol. The summed E-state index contributed by atoms with van der Waals surface area (Å²) in [6.45, 7) is 13.4. The minimum atomic E-state index is -0.363. The third-order valence-electron chi connectivity index (χ3n) is 4.51. The molecule has 1 aromatic heterocycles. The van der Waals surface area contributed by atoms with Gasteiger partial charge in [0.25, 0.3) is 0 Å². The van der Waals surface area contributed by atoms with Crippen LogP contribution in [0.25, 0.3) is 0 Å². The zero-order valence-corrected chi connectivity index (χ0v) is 13.7. The molecule has 0 unspecified atom stereocenters. The van der Waals surface area contributed by atoms with Crippen molar-refractivity contribution in [3.63, 3.8) is 0 Å². The number of aromatic nitrogens is 1. The number of nitrogens with zero attached hydrogens (tertiary/aromatic N) is 2. The van der Waals surface area contributed by atoms with Crippen LogP contribution in [0.5, 0.6) is 0 Å². The second kappa shape index (κ2) is 5.04. The zero-order valence-electron chi connectivity index (χ0n) is 13.7. The highest BCUT2D eigenvalue weighted by atomic mass is 16.7. The molecule has 2 rings (SSSR count). The molecule has 0 aliphatic carbocycles. The highest BCUT2D eigenvalue weighted by Crippen LogP contribution is 2.37. The maximum atomic E-state index is 6.18. The normalized spacial score (nSPS) is 20.2. The van der Waals surface area contributed by atoms with Gasteiger partial charge in [-0.25, -0.2) is 4.98 Å². The molecule has 0 amide bonds. The average Bonchev–Trinajstić information content (AvgIpc) is 2.56. The Bertz CT molecular complexity index is 487. The van der Waals surface area contributed by atoms with Gasteiger partial charge in [0.2, 0.25) is 0 Å². The summed E-state index contributed by atoms with van der Waals surface area (Å²) < 4.78 is 12.4. The summed E-state index contributed by atoms with van der Waals surface area (Å²) in [6.07, 6.45) is 1.84. The van der Waals surface area contributed by atoms with Crippen molar-refractivity contribution in [2.45, 2.75) is 52.7 Å². The smallest absolute Gasteiger partial charge is 0.399 e. The van der Waals surface area contributed by atoms with Gasteiger partial charge < -0.3 is 14.2 Å². The Hall–Kier alpha value is -1.07. The molecule has 0 saturated carbocycles. The number of anilines is 1. The van der Waals surface area contributed by atoms with Crippen molar-refractivity contribution in [2.75, 3.05) is 18.5 Å². The van der Waals surface area contributed by atoms with Crippen molar-refractivity contribution < 1.29 is 9.31 Å². The van der Waals surface area contributed by atoms with E-state index in [1.807, 2.05) is 19.3 Å². The van der Waals surface area contributed by atoms with Gasteiger partial charge in [-0.15, -0.1) is 0 Å². The lowest BCUT2D eigenvalue weighted by atomic mass is 9.76. The van der Waals surface area contributed by atoms with E-state index >= 15 is 0 Å². The first-order valence-electron chi connectivity index (χ1n) is 7.22. The quantitative estimate of drug-likeness (QED) is 0.792. The molecule has 0 N–H and O–H groups in total. The van der Waals surface area contributed by atoms with Crippen molar-refractivity contribution in [1.82, 2.24) is 4.98 Å². The van der Waals surface area contributed by atoms with Gasteiger partial charge in [-0.1, -0.05) is 0 Å². The van der Waals surface area contributed by atoms with Crippen molar-refractivity contribution in [2.24, 2.45) is 0 Å². The molecule has 0 radical (unpaired) electrons. The van der Waals surface area contributed by atoms with E-state index < -0.39 is 0 Å². The van der Waals surface area contributed by atoms with E-state index in [9.17, 15) is 0 Å². The lowest BCUT2D eigenvalue weighted by Gasteiger charge is -2.32. The standard InChI is InChI=1S/C15H25BN2O2/c1-8-18(7)13-12(11(2)9-10-17-13)16-19-14(3,4)15(5,6)20-16/h9-10H,8H2,1-7H3. The second-order valence-corrected chi connectivity index (χ2v) is 6.47. The van der Waals surface area contributed by atoms with Gasteiger partial charge in [-0.2, -0.15) is 0 Å². The number of hydrogen-bond acceptors (Lipinski definition) is 4. The maximum Gasteiger partial charge on any atom is 0.498 e. The van der Waals surface area contributed by atoms with Gasteiger partial charge in [-0.05, 0) is 53.2 Å². The average molecular weight is 276 g/mol. The van der Waals surface area contributed by atoms with Crippen LogP contribution in [0.2, 0.25) is 0 Å². The van der Waals surface area contributed by atoms with E-state index in [0.29, 0.717) is 0 Å². The Balaban J connectivity index is 2.44. The van der Waals surface area contributed by atoms with Crippen LogP contribution < -0.4 is 10.4 Å². The van der Waals surface area contributed by atoms with Crippen molar-refractivity contribution >= 4 is 18.4 Å². The highest BCUT2D eigenvalue weighted by molar-refractivity contribution is 6.64. The van der Waals surface area contributed by atoms with Crippen LogP contribution in [-0.2, 0) is 9.31 Å². The molecule has 5 heteroatoms. The first-order chi connectivity index (χ1) is 9.19. The summed E-state index contributed by atoms with van der Waals surface area (Å²) in [4.78, 5) is 6.63. The molecule has 0 spiro atoms. The van der Waals surface area contributed by atoms with Crippen LogP contribution in [-0.4, -0.2) is 36.9 Å². The second-order valence-electron chi connectivity index (χ2n) is 6.47. The van der Waals surface area contributed by atoms with Gasteiger partial charge in [-0.3, -0.25) is 0 Å². The third kappa shape index (κ3) is 2.45. The van der Waals surface area contributed by atoms with Crippen LogP contribution in [0.1, 0.15) is 40.2 Å². The summed E-state index contributed by atoms with van der Waals surface area (Å²) in [6, 6.07) is 2.01. The molecule has 0 aromatic carbocycles. The van der Waals surface area contributed by atoms with Gasteiger partial charge in [0.05, 0.1) is 11.2 Å². The Morgan fingerprint density at radius 2 is 1.75 bits per heavy atom. The van der Waals surface area contributed by atoms with Gasteiger partial charge in [0.15, 0.2) is 0 Å². The molecule has 0 atom stereocenters. The van der Waals surface area contributed by atoms with Gasteiger partial charge >= 0.3 is 7.12 Å². The van der Waals surface area contributed by atoms with Gasteiger partial charge in [0.1, 0.15) is 5.82 Å². The molecule has 2 heterocycles. The molecule has 1 fully saturated rings. The van der Waals surface area contributed by atoms with Crippen molar-refractivity contribution in [3.05, 3.63) is 17.8 Å². The molecule has 20 heavy (non-hydrogen) atoms. The predicted molar refractivity (Wildman–Crippen MR) is 83.6 cm³/mol. The maximum absolute atomic E-state index is 6.18. The molecule has 110 valence electrons. The van der Waals surface area contributed by atoms with Crippen LogP contribution >= 0.6 is 0 Å². The predicted octanol–water partition coefficient (Wildman–Crippen LogP) is 2.15. The summed E-state index contributed by atoms with van der Waals surface area (Å²) in [7, 11) is 1.67. The summed E-state index contributed by atoms with van der Waals surface area (Å²) in [5.74, 6) is 0.936. The molecule has 1 aliphatic heterocycles. The van der Waals surface area contributed by atoms with Crippen LogP contribution in [0.15, 0.2) is 12.3 Å². The van der Waals surface area contributed by atoms with E-state index in [-0.39, 0.29) is 18.3 Å². The topological polar surface area (TPSA) is 34.6 Å². The summed E-state index contributed by atoms with van der Waals surface area (Å²) in [5.41, 5.74) is 1.52. The van der Waals surface area contributed by atoms with E-state index in [2.05, 4.69) is 51.4 Å². The number of aryl methyl sites for hydroxylation is 1. The molecular formula is C15H25BN2O2. The SMILES string of the molecule is CCN(C)c1nccc(C)c1B1OC(C)(C)C(C)(C)O1. The molecule has 4 nitrogen and oxygen atoms in total. The Morgan fingerprint density at radius 3 is 2.25 bits per heavy atom. The summed E-state index contributed by atoms with van der Waals surface area (Å²) in [5, 5.41) is 0. The Kier molecular flexibility index (Phi) is 3.86. The van der Waals surface area contributed by atoms with E-state index in [1.54, 1.807) is 0 Å². The first kappa shape index (κ1) is 15.3. The van der Waals surface area contributed by atoms with Crippen LogP contribution in [0.4, 0.5) is 5.82 Å².